The lowest BCUT2D eigenvalue weighted by Crippen LogP contribution is -2.32. The highest BCUT2D eigenvalue weighted by Crippen LogP contribution is 2.22. The van der Waals surface area contributed by atoms with E-state index in [-0.39, 0.29) is 11.3 Å². The summed E-state index contributed by atoms with van der Waals surface area (Å²) in [4.78, 5) is 13.0. The van der Waals surface area contributed by atoms with Crippen molar-refractivity contribution in [1.29, 1.82) is 0 Å². The highest BCUT2D eigenvalue weighted by Gasteiger charge is 2.23. The van der Waals surface area contributed by atoms with Gasteiger partial charge in [-0.15, -0.1) is 0 Å². The van der Waals surface area contributed by atoms with Gasteiger partial charge in [-0.25, -0.2) is 18.6 Å². The van der Waals surface area contributed by atoms with Crippen LogP contribution in [0.5, 0.6) is 0 Å². The van der Waals surface area contributed by atoms with Crippen molar-refractivity contribution in [2.45, 2.75) is 45.1 Å². The first-order valence-corrected chi connectivity index (χ1v) is 13.8. The summed E-state index contributed by atoms with van der Waals surface area (Å²) >= 11 is 0. The van der Waals surface area contributed by atoms with Crippen molar-refractivity contribution in [3.8, 4) is 5.69 Å². The van der Waals surface area contributed by atoms with Crippen LogP contribution in [0.25, 0.3) is 5.69 Å². The van der Waals surface area contributed by atoms with Gasteiger partial charge in [0.05, 0.1) is 17.2 Å². The number of benzene rings is 3. The molecule has 0 saturated carbocycles. The number of sulfonamides is 1. The van der Waals surface area contributed by atoms with Crippen LogP contribution in [0.1, 0.15) is 46.1 Å². The molecular weight excluding hydrogens is 496 g/mol. The highest BCUT2D eigenvalue weighted by atomic mass is 32.2. The van der Waals surface area contributed by atoms with Gasteiger partial charge in [0.15, 0.2) is 0 Å². The van der Waals surface area contributed by atoms with Crippen molar-refractivity contribution in [2.75, 3.05) is 0 Å². The Morgan fingerprint density at radius 2 is 1.50 bits per heavy atom. The number of aromatic nitrogens is 1. The van der Waals surface area contributed by atoms with Crippen LogP contribution < -0.4 is 10.1 Å². The first-order chi connectivity index (χ1) is 18.1. The maximum Gasteiger partial charge on any atom is 0.242 e. The van der Waals surface area contributed by atoms with E-state index in [4.69, 9.17) is 0 Å². The second-order valence-corrected chi connectivity index (χ2v) is 11.1. The number of hydrogen-bond donors (Lipinski definition) is 2. The summed E-state index contributed by atoms with van der Waals surface area (Å²) in [6.07, 6.45) is 1.49. The molecule has 1 heterocycles. The molecule has 0 saturated heterocycles. The molecule has 1 atom stereocenters. The van der Waals surface area contributed by atoms with E-state index in [1.807, 2.05) is 45.0 Å². The Morgan fingerprint density at radius 1 is 0.895 bits per heavy atom. The number of amides is 1. The zero-order chi connectivity index (χ0) is 27.3. The molecule has 0 aliphatic rings. The van der Waals surface area contributed by atoms with Crippen molar-refractivity contribution in [3.63, 3.8) is 0 Å². The van der Waals surface area contributed by atoms with Gasteiger partial charge >= 0.3 is 0 Å². The Kier molecular flexibility index (Phi) is 8.24. The molecule has 3 aromatic carbocycles. The van der Waals surface area contributed by atoms with Crippen molar-refractivity contribution in [2.24, 2.45) is 5.10 Å². The fraction of sp³-hybridized carbons (Fsp3) is 0.200. The molecule has 7 nitrogen and oxygen atoms in total. The van der Waals surface area contributed by atoms with Gasteiger partial charge in [-0.05, 0) is 63.6 Å². The predicted octanol–water partition coefficient (Wildman–Crippen LogP) is 5.27. The van der Waals surface area contributed by atoms with Gasteiger partial charge in [0.2, 0.25) is 15.9 Å². The Morgan fingerprint density at radius 3 is 2.13 bits per heavy atom. The van der Waals surface area contributed by atoms with E-state index in [1.54, 1.807) is 42.6 Å². The van der Waals surface area contributed by atoms with Crippen LogP contribution >= 0.6 is 0 Å². The molecule has 38 heavy (non-hydrogen) atoms. The summed E-state index contributed by atoms with van der Waals surface area (Å²) in [5.41, 5.74) is 9.37. The number of nitrogens with zero attached hydrogens (tertiary/aromatic N) is 2. The second kappa shape index (κ2) is 11.6. The first-order valence-electron chi connectivity index (χ1n) is 12.4. The van der Waals surface area contributed by atoms with E-state index in [0.29, 0.717) is 5.56 Å². The highest BCUT2D eigenvalue weighted by molar-refractivity contribution is 7.89. The zero-order valence-electron chi connectivity index (χ0n) is 22.0. The third kappa shape index (κ3) is 6.45. The molecule has 8 heteroatoms. The van der Waals surface area contributed by atoms with Crippen molar-refractivity contribution in [3.05, 3.63) is 119 Å². The van der Waals surface area contributed by atoms with Gasteiger partial charge in [0.1, 0.15) is 0 Å². The monoisotopic (exact) mass is 528 g/mol. The fourth-order valence-electron chi connectivity index (χ4n) is 4.30. The minimum Gasteiger partial charge on any atom is -0.318 e. The number of aryl methyl sites for hydroxylation is 3. The number of hydrogen-bond acceptors (Lipinski definition) is 4. The van der Waals surface area contributed by atoms with Gasteiger partial charge in [0, 0.05) is 29.1 Å². The van der Waals surface area contributed by atoms with Crippen LogP contribution in [-0.4, -0.2) is 25.1 Å². The van der Waals surface area contributed by atoms with Crippen LogP contribution in [0.2, 0.25) is 0 Å². The SMILES string of the molecule is Cc1ccc(-n2c(C)cc(/C=N\NC(=O)C[C@H](NS(=O)(=O)c3ccc(C)cc3)c3ccccc3)c2C)cc1. The Balaban J connectivity index is 1.48. The molecule has 0 bridgehead atoms. The average Bonchev–Trinajstić information content (AvgIpc) is 3.17. The molecule has 0 aliphatic heterocycles. The number of nitrogens with one attached hydrogen (secondary N) is 2. The molecule has 1 amide bonds. The second-order valence-electron chi connectivity index (χ2n) is 9.39. The Hall–Kier alpha value is -4.01. The van der Waals surface area contributed by atoms with E-state index < -0.39 is 22.0 Å². The lowest BCUT2D eigenvalue weighted by molar-refractivity contribution is -0.121. The summed E-state index contributed by atoms with van der Waals surface area (Å²) in [6, 6.07) is 25.1. The van der Waals surface area contributed by atoms with E-state index in [1.165, 1.54) is 5.56 Å². The van der Waals surface area contributed by atoms with E-state index in [2.05, 4.69) is 51.0 Å². The van der Waals surface area contributed by atoms with E-state index in [9.17, 15) is 13.2 Å². The molecule has 4 aromatic rings. The predicted molar refractivity (Wildman–Crippen MR) is 151 cm³/mol. The topological polar surface area (TPSA) is 92.6 Å². The maximum absolute atomic E-state index is 13.0. The molecule has 1 aromatic heterocycles. The molecule has 196 valence electrons. The van der Waals surface area contributed by atoms with Gasteiger partial charge in [-0.1, -0.05) is 65.7 Å². The average molecular weight is 529 g/mol. The lowest BCUT2D eigenvalue weighted by atomic mass is 10.0. The molecule has 0 radical (unpaired) electrons. The van der Waals surface area contributed by atoms with Crippen LogP contribution in [0, 0.1) is 27.7 Å². The Bertz CT molecular complexity index is 1540. The van der Waals surface area contributed by atoms with Gasteiger partial charge in [-0.2, -0.15) is 5.10 Å². The van der Waals surface area contributed by atoms with Crippen LogP contribution in [0.15, 0.2) is 94.9 Å². The summed E-state index contributed by atoms with van der Waals surface area (Å²) in [6.45, 7) is 7.96. The number of rotatable bonds is 9. The number of carbonyl (C=O) groups is 1. The molecular formula is C30H32N4O3S. The standard InChI is InChI=1S/C30H32N4O3S/c1-21-10-14-27(15-11-21)34-23(3)18-26(24(34)4)20-31-32-30(35)19-29(25-8-6-5-7-9-25)33-38(36,37)28-16-12-22(2)13-17-28/h5-18,20,29,33H,19H2,1-4H3,(H,32,35)/b31-20-/t29-/m0/s1. The Labute approximate surface area is 224 Å². The zero-order valence-corrected chi connectivity index (χ0v) is 22.8. The van der Waals surface area contributed by atoms with Crippen molar-refractivity contribution < 1.29 is 13.2 Å². The maximum atomic E-state index is 13.0. The van der Waals surface area contributed by atoms with Gasteiger partial charge in [0.25, 0.3) is 0 Å². The van der Waals surface area contributed by atoms with Crippen molar-refractivity contribution >= 4 is 22.1 Å². The van der Waals surface area contributed by atoms with Crippen LogP contribution in [-0.2, 0) is 14.8 Å². The summed E-state index contributed by atoms with van der Waals surface area (Å²) < 4.78 is 30.9. The molecule has 2 N–H and O–H groups in total. The van der Waals surface area contributed by atoms with Crippen LogP contribution in [0.3, 0.4) is 0 Å². The van der Waals surface area contributed by atoms with Crippen LogP contribution in [0.4, 0.5) is 0 Å². The van der Waals surface area contributed by atoms with E-state index >= 15 is 0 Å². The summed E-state index contributed by atoms with van der Waals surface area (Å²) in [5, 5.41) is 4.16. The summed E-state index contributed by atoms with van der Waals surface area (Å²) in [5.74, 6) is -0.408. The quantitative estimate of drug-likeness (QED) is 0.229. The normalized spacial score (nSPS) is 12.5. The van der Waals surface area contributed by atoms with Gasteiger partial charge in [-0.3, -0.25) is 4.79 Å². The number of hydrazone groups is 1. The first kappa shape index (κ1) is 27.0. The molecule has 0 aliphatic carbocycles. The summed E-state index contributed by atoms with van der Waals surface area (Å²) in [7, 11) is -3.84. The van der Waals surface area contributed by atoms with Gasteiger partial charge < -0.3 is 4.57 Å². The third-order valence-corrected chi connectivity index (χ3v) is 7.86. The smallest absolute Gasteiger partial charge is 0.242 e. The minimum absolute atomic E-state index is 0.116. The lowest BCUT2D eigenvalue weighted by Gasteiger charge is -2.18. The number of carbonyl (C=O) groups excluding carboxylic acids is 1. The third-order valence-electron chi connectivity index (χ3n) is 6.38. The molecule has 0 spiro atoms. The van der Waals surface area contributed by atoms with Crippen molar-refractivity contribution in [1.82, 2.24) is 14.7 Å². The largest absolute Gasteiger partial charge is 0.318 e. The van der Waals surface area contributed by atoms with E-state index in [0.717, 1.165) is 28.2 Å². The molecule has 0 unspecified atom stereocenters. The molecule has 4 rings (SSSR count). The fourth-order valence-corrected chi connectivity index (χ4v) is 5.52. The minimum atomic E-state index is -3.84. The molecule has 0 fully saturated rings.